The van der Waals surface area contributed by atoms with E-state index < -0.39 is 0 Å². The molecule has 0 saturated carbocycles. The normalized spacial score (nSPS) is 15.6. The maximum absolute atomic E-state index is 4.72. The van der Waals surface area contributed by atoms with Crippen molar-refractivity contribution in [1.82, 2.24) is 14.8 Å². The van der Waals surface area contributed by atoms with Crippen LogP contribution >= 0.6 is 0 Å². The number of benzene rings is 2. The molecule has 0 unspecified atom stereocenters. The Morgan fingerprint density at radius 3 is 2.88 bits per heavy atom. The van der Waals surface area contributed by atoms with Crippen LogP contribution in [0.15, 0.2) is 66.9 Å². The number of hydrogen-bond donors (Lipinski definition) is 1. The van der Waals surface area contributed by atoms with Gasteiger partial charge in [0.2, 0.25) is 0 Å². The van der Waals surface area contributed by atoms with Gasteiger partial charge < -0.3 is 5.32 Å². The van der Waals surface area contributed by atoms with Crippen LogP contribution in [0, 0.1) is 6.92 Å². The van der Waals surface area contributed by atoms with Gasteiger partial charge in [0.05, 0.1) is 16.9 Å². The van der Waals surface area contributed by atoms with E-state index in [4.69, 9.17) is 5.10 Å². The average Bonchev–Trinajstić information content (AvgIpc) is 3.02. The topological polar surface area (TPSA) is 42.7 Å². The minimum Gasteiger partial charge on any atom is -0.359 e. The van der Waals surface area contributed by atoms with Gasteiger partial charge in [-0.05, 0) is 36.8 Å². The van der Waals surface area contributed by atoms with E-state index >= 15 is 0 Å². The third-order valence-electron chi connectivity index (χ3n) is 4.54. The molecule has 24 heavy (non-hydrogen) atoms. The quantitative estimate of drug-likeness (QED) is 0.567. The van der Waals surface area contributed by atoms with Crippen molar-refractivity contribution >= 4 is 16.6 Å². The predicted molar refractivity (Wildman–Crippen MR) is 95.9 cm³/mol. The second-order valence-electron chi connectivity index (χ2n) is 6.16. The summed E-state index contributed by atoms with van der Waals surface area (Å²) in [6.07, 6.45) is 1.80. The van der Waals surface area contributed by atoms with Crippen molar-refractivity contribution in [1.29, 1.82) is 0 Å². The molecular formula is C20H16N4. The zero-order chi connectivity index (χ0) is 16.1. The van der Waals surface area contributed by atoms with Crippen LogP contribution in [0.3, 0.4) is 0 Å². The van der Waals surface area contributed by atoms with Crippen LogP contribution < -0.4 is 5.32 Å². The van der Waals surface area contributed by atoms with Crippen molar-refractivity contribution in [2.24, 2.45) is 0 Å². The SMILES string of the molecule is Cc1cc2n(n1)[C@H](c1ccc3cccnc3c1)Nc1ccccc1-2. The smallest absolute Gasteiger partial charge is 0.147 e. The molecule has 1 aliphatic heterocycles. The van der Waals surface area contributed by atoms with Gasteiger partial charge in [-0.25, -0.2) is 4.68 Å². The van der Waals surface area contributed by atoms with Gasteiger partial charge >= 0.3 is 0 Å². The van der Waals surface area contributed by atoms with Gasteiger partial charge in [0, 0.05) is 22.8 Å². The summed E-state index contributed by atoms with van der Waals surface area (Å²) in [5, 5.41) is 9.49. The van der Waals surface area contributed by atoms with E-state index in [1.165, 1.54) is 5.56 Å². The maximum atomic E-state index is 4.72. The Kier molecular flexibility index (Phi) is 2.73. The predicted octanol–water partition coefficient (Wildman–Crippen LogP) is 4.38. The molecule has 0 saturated heterocycles. The fourth-order valence-electron chi connectivity index (χ4n) is 3.43. The fourth-order valence-corrected chi connectivity index (χ4v) is 3.43. The molecule has 0 fully saturated rings. The number of nitrogens with one attached hydrogen (secondary N) is 1. The third-order valence-corrected chi connectivity index (χ3v) is 4.54. The lowest BCUT2D eigenvalue weighted by Gasteiger charge is -2.29. The first-order valence-corrected chi connectivity index (χ1v) is 8.06. The largest absolute Gasteiger partial charge is 0.359 e. The van der Waals surface area contributed by atoms with Crippen LogP contribution in [0.25, 0.3) is 22.2 Å². The number of nitrogens with zero attached hydrogens (tertiary/aromatic N) is 3. The maximum Gasteiger partial charge on any atom is 0.147 e. The average molecular weight is 312 g/mol. The van der Waals surface area contributed by atoms with Crippen LogP contribution in [-0.2, 0) is 0 Å². The number of aromatic nitrogens is 3. The highest BCUT2D eigenvalue weighted by atomic mass is 15.4. The molecule has 5 rings (SSSR count). The Balaban J connectivity index is 1.71. The van der Waals surface area contributed by atoms with E-state index in [1.807, 2.05) is 19.2 Å². The number of aryl methyl sites for hydroxylation is 1. The molecule has 1 N–H and O–H groups in total. The van der Waals surface area contributed by atoms with Crippen LogP contribution in [0.2, 0.25) is 0 Å². The molecule has 0 radical (unpaired) electrons. The fraction of sp³-hybridized carbons (Fsp3) is 0.100. The molecule has 4 heteroatoms. The van der Waals surface area contributed by atoms with Crippen molar-refractivity contribution in [3.05, 3.63) is 78.1 Å². The minimum absolute atomic E-state index is 0.0324. The van der Waals surface area contributed by atoms with Gasteiger partial charge in [0.15, 0.2) is 0 Å². The van der Waals surface area contributed by atoms with Crippen LogP contribution in [0.5, 0.6) is 0 Å². The standard InChI is InChI=1S/C20H16N4/c1-13-11-19-16-6-2-3-7-17(16)22-20(24(19)23-13)15-9-8-14-5-4-10-21-18(14)12-15/h2-12,20,22H,1H3/t20-/m1/s1. The summed E-state index contributed by atoms with van der Waals surface area (Å²) in [4.78, 5) is 4.48. The summed E-state index contributed by atoms with van der Waals surface area (Å²) in [5.41, 5.74) is 6.64. The number of para-hydroxylation sites is 1. The van der Waals surface area contributed by atoms with Gasteiger partial charge in [-0.3, -0.25) is 4.98 Å². The molecule has 4 aromatic rings. The molecule has 1 aliphatic rings. The molecule has 2 aromatic carbocycles. The molecule has 2 aromatic heterocycles. The van der Waals surface area contributed by atoms with E-state index in [0.29, 0.717) is 0 Å². The summed E-state index contributed by atoms with van der Waals surface area (Å²) >= 11 is 0. The first-order chi connectivity index (χ1) is 11.8. The lowest BCUT2D eigenvalue weighted by Crippen LogP contribution is -2.25. The number of rotatable bonds is 1. The van der Waals surface area contributed by atoms with Crippen molar-refractivity contribution in [2.75, 3.05) is 5.32 Å². The zero-order valence-electron chi connectivity index (χ0n) is 13.3. The van der Waals surface area contributed by atoms with Crippen molar-refractivity contribution in [3.63, 3.8) is 0 Å². The minimum atomic E-state index is -0.0324. The highest BCUT2D eigenvalue weighted by molar-refractivity contribution is 5.81. The lowest BCUT2D eigenvalue weighted by atomic mass is 10.0. The van der Waals surface area contributed by atoms with Gasteiger partial charge in [0.1, 0.15) is 6.17 Å². The van der Waals surface area contributed by atoms with Crippen LogP contribution in [-0.4, -0.2) is 14.8 Å². The monoisotopic (exact) mass is 312 g/mol. The number of hydrogen-bond acceptors (Lipinski definition) is 3. The van der Waals surface area contributed by atoms with Crippen molar-refractivity contribution < 1.29 is 0 Å². The summed E-state index contributed by atoms with van der Waals surface area (Å²) in [6, 6.07) is 21.0. The molecule has 0 aliphatic carbocycles. The van der Waals surface area contributed by atoms with Gasteiger partial charge in [-0.15, -0.1) is 0 Å². The van der Waals surface area contributed by atoms with E-state index in [-0.39, 0.29) is 6.17 Å². The molecule has 4 nitrogen and oxygen atoms in total. The first-order valence-electron chi connectivity index (χ1n) is 8.06. The zero-order valence-corrected chi connectivity index (χ0v) is 13.3. The highest BCUT2D eigenvalue weighted by Gasteiger charge is 2.26. The van der Waals surface area contributed by atoms with Crippen LogP contribution in [0.4, 0.5) is 5.69 Å². The summed E-state index contributed by atoms with van der Waals surface area (Å²) in [6.45, 7) is 2.03. The highest BCUT2D eigenvalue weighted by Crippen LogP contribution is 2.38. The molecule has 3 heterocycles. The van der Waals surface area contributed by atoms with E-state index in [1.54, 1.807) is 0 Å². The van der Waals surface area contributed by atoms with Gasteiger partial charge in [-0.1, -0.05) is 36.4 Å². The number of pyridine rings is 1. The number of anilines is 1. The Labute approximate surface area is 139 Å². The molecular weight excluding hydrogens is 296 g/mol. The Hall–Kier alpha value is -3.14. The van der Waals surface area contributed by atoms with Crippen molar-refractivity contribution in [3.8, 4) is 11.3 Å². The molecule has 0 amide bonds. The van der Waals surface area contributed by atoms with E-state index in [0.717, 1.165) is 33.5 Å². The van der Waals surface area contributed by atoms with E-state index in [2.05, 4.69) is 69.6 Å². The lowest BCUT2D eigenvalue weighted by molar-refractivity contribution is 0.571. The second-order valence-corrected chi connectivity index (χ2v) is 6.16. The first kappa shape index (κ1) is 13.3. The molecule has 116 valence electrons. The van der Waals surface area contributed by atoms with Crippen molar-refractivity contribution in [2.45, 2.75) is 13.1 Å². The van der Waals surface area contributed by atoms with Crippen LogP contribution in [0.1, 0.15) is 17.4 Å². The van der Waals surface area contributed by atoms with Gasteiger partial charge in [-0.2, -0.15) is 5.10 Å². The Morgan fingerprint density at radius 1 is 1.00 bits per heavy atom. The molecule has 1 atom stereocenters. The van der Waals surface area contributed by atoms with Gasteiger partial charge in [0.25, 0.3) is 0 Å². The molecule has 0 spiro atoms. The summed E-state index contributed by atoms with van der Waals surface area (Å²) < 4.78 is 2.07. The Morgan fingerprint density at radius 2 is 1.92 bits per heavy atom. The third kappa shape index (κ3) is 1.93. The summed E-state index contributed by atoms with van der Waals surface area (Å²) in [7, 11) is 0. The number of fused-ring (bicyclic) bond motifs is 4. The Bertz CT molecular complexity index is 1060. The summed E-state index contributed by atoms with van der Waals surface area (Å²) in [5.74, 6) is 0. The van der Waals surface area contributed by atoms with E-state index in [9.17, 15) is 0 Å². The second kappa shape index (κ2) is 4.93. The molecule has 0 bridgehead atoms.